The number of carbonyl (C=O) groups is 1. The van der Waals surface area contributed by atoms with Crippen molar-refractivity contribution in [2.75, 3.05) is 5.32 Å². The number of H-pyrrole nitrogens is 1. The average molecular weight is 268 g/mol. The lowest BCUT2D eigenvalue weighted by Gasteiger charge is -2.06. The number of rotatable bonds is 2. The maximum atomic E-state index is 13.7. The molecule has 0 bridgehead atoms. The second kappa shape index (κ2) is 4.78. The summed E-state index contributed by atoms with van der Waals surface area (Å²) in [5, 5.41) is 9.21. The minimum Gasteiger partial charge on any atom is -0.319 e. The fraction of sp³-hybridized carbons (Fsp3) is 0.167. The summed E-state index contributed by atoms with van der Waals surface area (Å²) in [5.74, 6) is -1.28. The Labute approximate surface area is 108 Å². The zero-order valence-corrected chi connectivity index (χ0v) is 10.6. The summed E-state index contributed by atoms with van der Waals surface area (Å²) in [7, 11) is 0. The number of halogens is 2. The van der Waals surface area contributed by atoms with Crippen LogP contribution in [0.3, 0.4) is 0 Å². The molecular weight excluding hydrogens is 257 g/mol. The van der Waals surface area contributed by atoms with E-state index in [1.807, 2.05) is 0 Å². The Morgan fingerprint density at radius 1 is 1.44 bits per heavy atom. The van der Waals surface area contributed by atoms with Gasteiger partial charge in [-0.1, -0.05) is 17.7 Å². The number of hydrogen-bond acceptors (Lipinski definition) is 2. The van der Waals surface area contributed by atoms with Crippen molar-refractivity contribution in [3.63, 3.8) is 0 Å². The van der Waals surface area contributed by atoms with Gasteiger partial charge in [-0.15, -0.1) is 0 Å². The Morgan fingerprint density at radius 3 is 2.78 bits per heavy atom. The van der Waals surface area contributed by atoms with Gasteiger partial charge >= 0.3 is 0 Å². The van der Waals surface area contributed by atoms with Gasteiger partial charge in [0.1, 0.15) is 0 Å². The van der Waals surface area contributed by atoms with Crippen molar-refractivity contribution >= 4 is 23.2 Å². The van der Waals surface area contributed by atoms with Crippen LogP contribution in [0.4, 0.5) is 10.1 Å². The standard InChI is InChI=1S/C12H11ClFN3O/c1-6-11(7(2)17-16-6)15-12(18)8-4-3-5-9(13)10(8)14/h3-5H,1-2H3,(H,15,18)(H,16,17). The van der Waals surface area contributed by atoms with E-state index in [9.17, 15) is 9.18 Å². The second-order valence-corrected chi connectivity index (χ2v) is 4.27. The van der Waals surface area contributed by atoms with E-state index in [1.54, 1.807) is 13.8 Å². The van der Waals surface area contributed by atoms with Gasteiger partial charge in [-0.2, -0.15) is 5.10 Å². The molecule has 1 aromatic heterocycles. The van der Waals surface area contributed by atoms with Crippen molar-refractivity contribution in [3.05, 3.63) is 46.0 Å². The molecule has 0 aliphatic carbocycles. The molecule has 4 nitrogen and oxygen atoms in total. The van der Waals surface area contributed by atoms with Crippen LogP contribution in [-0.2, 0) is 0 Å². The van der Waals surface area contributed by atoms with Gasteiger partial charge in [0.25, 0.3) is 5.91 Å². The number of hydrogen-bond donors (Lipinski definition) is 2. The monoisotopic (exact) mass is 267 g/mol. The number of nitrogens with one attached hydrogen (secondary N) is 2. The molecule has 2 N–H and O–H groups in total. The first-order chi connectivity index (χ1) is 8.50. The number of amides is 1. The Bertz CT molecular complexity index is 590. The van der Waals surface area contributed by atoms with Crippen molar-refractivity contribution < 1.29 is 9.18 Å². The van der Waals surface area contributed by atoms with Crippen molar-refractivity contribution in [2.24, 2.45) is 0 Å². The molecular formula is C12H11ClFN3O. The molecule has 0 aliphatic rings. The van der Waals surface area contributed by atoms with Crippen LogP contribution in [0.15, 0.2) is 18.2 Å². The molecule has 1 heterocycles. The molecule has 0 aliphatic heterocycles. The van der Waals surface area contributed by atoms with Crippen LogP contribution in [0.5, 0.6) is 0 Å². The SMILES string of the molecule is Cc1n[nH]c(C)c1NC(=O)c1cccc(Cl)c1F. The molecule has 6 heteroatoms. The number of aryl methyl sites for hydroxylation is 2. The summed E-state index contributed by atoms with van der Waals surface area (Å²) in [4.78, 5) is 11.9. The smallest absolute Gasteiger partial charge is 0.258 e. The van der Waals surface area contributed by atoms with Gasteiger partial charge in [-0.3, -0.25) is 9.89 Å². The summed E-state index contributed by atoms with van der Waals surface area (Å²) in [6.07, 6.45) is 0. The minimum atomic E-state index is -0.726. The van der Waals surface area contributed by atoms with Crippen molar-refractivity contribution in [3.8, 4) is 0 Å². The lowest BCUT2D eigenvalue weighted by Crippen LogP contribution is -2.14. The van der Waals surface area contributed by atoms with E-state index in [4.69, 9.17) is 11.6 Å². The molecule has 0 saturated heterocycles. The molecule has 0 unspecified atom stereocenters. The van der Waals surface area contributed by atoms with E-state index in [0.29, 0.717) is 17.1 Å². The van der Waals surface area contributed by atoms with E-state index in [2.05, 4.69) is 15.5 Å². The fourth-order valence-corrected chi connectivity index (χ4v) is 1.77. The molecule has 18 heavy (non-hydrogen) atoms. The third kappa shape index (κ3) is 2.22. The molecule has 0 fully saturated rings. The summed E-state index contributed by atoms with van der Waals surface area (Å²) in [6.45, 7) is 3.51. The Morgan fingerprint density at radius 2 is 2.17 bits per heavy atom. The quantitative estimate of drug-likeness (QED) is 0.878. The van der Waals surface area contributed by atoms with Crippen LogP contribution in [-0.4, -0.2) is 16.1 Å². The molecule has 94 valence electrons. The van der Waals surface area contributed by atoms with E-state index in [1.165, 1.54) is 18.2 Å². The van der Waals surface area contributed by atoms with E-state index in [0.717, 1.165) is 0 Å². The Hall–Kier alpha value is -1.88. The minimum absolute atomic E-state index is 0.0803. The maximum Gasteiger partial charge on any atom is 0.258 e. The maximum absolute atomic E-state index is 13.7. The molecule has 0 spiro atoms. The predicted octanol–water partition coefficient (Wildman–Crippen LogP) is 3.07. The molecule has 0 atom stereocenters. The number of aromatic amines is 1. The zero-order valence-electron chi connectivity index (χ0n) is 9.84. The molecule has 2 aromatic rings. The third-order valence-corrected chi connectivity index (χ3v) is 2.85. The number of nitrogens with zero attached hydrogens (tertiary/aromatic N) is 1. The fourth-order valence-electron chi connectivity index (χ4n) is 1.60. The summed E-state index contributed by atoms with van der Waals surface area (Å²) >= 11 is 5.63. The van der Waals surface area contributed by atoms with Gasteiger partial charge in [0.05, 0.1) is 27.7 Å². The summed E-state index contributed by atoms with van der Waals surface area (Å²) in [6, 6.07) is 4.29. The van der Waals surface area contributed by atoms with Gasteiger partial charge < -0.3 is 5.32 Å². The van der Waals surface area contributed by atoms with Crippen LogP contribution in [0.25, 0.3) is 0 Å². The van der Waals surface area contributed by atoms with E-state index >= 15 is 0 Å². The molecule has 0 saturated carbocycles. The third-order valence-electron chi connectivity index (χ3n) is 2.56. The lowest BCUT2D eigenvalue weighted by atomic mass is 10.2. The Balaban J connectivity index is 2.31. The number of benzene rings is 1. The normalized spacial score (nSPS) is 10.4. The van der Waals surface area contributed by atoms with E-state index < -0.39 is 11.7 Å². The first kappa shape index (κ1) is 12.6. The van der Waals surface area contributed by atoms with Gasteiger partial charge in [0, 0.05) is 0 Å². The lowest BCUT2D eigenvalue weighted by molar-refractivity contribution is 0.102. The van der Waals surface area contributed by atoms with Gasteiger partial charge in [0.2, 0.25) is 0 Å². The van der Waals surface area contributed by atoms with Crippen molar-refractivity contribution in [1.82, 2.24) is 10.2 Å². The highest BCUT2D eigenvalue weighted by Gasteiger charge is 2.16. The van der Waals surface area contributed by atoms with Crippen molar-refractivity contribution in [2.45, 2.75) is 13.8 Å². The summed E-state index contributed by atoms with van der Waals surface area (Å²) in [5.41, 5.74) is 1.81. The summed E-state index contributed by atoms with van der Waals surface area (Å²) < 4.78 is 13.7. The highest BCUT2D eigenvalue weighted by Crippen LogP contribution is 2.21. The van der Waals surface area contributed by atoms with Crippen LogP contribution < -0.4 is 5.32 Å². The first-order valence-electron chi connectivity index (χ1n) is 5.27. The van der Waals surface area contributed by atoms with Gasteiger partial charge in [-0.25, -0.2) is 4.39 Å². The molecule has 0 radical (unpaired) electrons. The first-order valence-corrected chi connectivity index (χ1v) is 5.65. The number of aromatic nitrogens is 2. The highest BCUT2D eigenvalue weighted by molar-refractivity contribution is 6.31. The molecule has 1 aromatic carbocycles. The van der Waals surface area contributed by atoms with Crippen molar-refractivity contribution in [1.29, 1.82) is 0 Å². The number of carbonyl (C=O) groups excluding carboxylic acids is 1. The van der Waals surface area contributed by atoms with Crippen LogP contribution in [0, 0.1) is 19.7 Å². The van der Waals surface area contributed by atoms with Gasteiger partial charge in [-0.05, 0) is 26.0 Å². The van der Waals surface area contributed by atoms with Crippen LogP contribution in [0.2, 0.25) is 5.02 Å². The second-order valence-electron chi connectivity index (χ2n) is 3.86. The molecule has 2 rings (SSSR count). The highest BCUT2D eigenvalue weighted by atomic mass is 35.5. The van der Waals surface area contributed by atoms with E-state index in [-0.39, 0.29) is 10.6 Å². The topological polar surface area (TPSA) is 57.8 Å². The largest absolute Gasteiger partial charge is 0.319 e. The zero-order chi connectivity index (χ0) is 13.3. The van der Waals surface area contributed by atoms with Crippen LogP contribution >= 0.6 is 11.6 Å². The predicted molar refractivity (Wildman–Crippen MR) is 67.4 cm³/mol. The number of anilines is 1. The average Bonchev–Trinajstić information content (AvgIpc) is 2.64. The van der Waals surface area contributed by atoms with Gasteiger partial charge in [0.15, 0.2) is 5.82 Å². The molecule has 1 amide bonds. The Kier molecular flexibility index (Phi) is 3.34. The van der Waals surface area contributed by atoms with Crippen LogP contribution in [0.1, 0.15) is 21.7 Å².